The number of methoxy groups -OCH3 is 1. The van der Waals surface area contributed by atoms with Crippen LogP contribution in [-0.2, 0) is 17.9 Å². The maximum atomic E-state index is 5.30. The molecule has 10 heteroatoms. The third kappa shape index (κ3) is 3.74. The van der Waals surface area contributed by atoms with Crippen molar-refractivity contribution in [2.75, 3.05) is 38.2 Å². The van der Waals surface area contributed by atoms with Crippen LogP contribution in [-0.4, -0.2) is 68.1 Å². The van der Waals surface area contributed by atoms with E-state index in [1.807, 2.05) is 47.0 Å². The Morgan fingerprint density at radius 3 is 2.63 bits per heavy atom. The number of benzene rings is 1. The van der Waals surface area contributed by atoms with Crippen molar-refractivity contribution in [3.63, 3.8) is 0 Å². The van der Waals surface area contributed by atoms with Gasteiger partial charge in [0.15, 0.2) is 17.3 Å². The van der Waals surface area contributed by atoms with Crippen molar-refractivity contribution in [1.29, 1.82) is 0 Å². The quantitative estimate of drug-likeness (QED) is 0.473. The summed E-state index contributed by atoms with van der Waals surface area (Å²) in [5, 5.41) is 17.3. The molecule has 1 aliphatic heterocycles. The molecule has 0 N–H and O–H groups in total. The van der Waals surface area contributed by atoms with Gasteiger partial charge in [-0.1, -0.05) is 35.5 Å². The molecule has 0 radical (unpaired) electrons. The fourth-order valence-corrected chi connectivity index (χ4v) is 3.58. The Balaban J connectivity index is 1.27. The van der Waals surface area contributed by atoms with Gasteiger partial charge in [0.2, 0.25) is 5.89 Å². The maximum absolute atomic E-state index is 5.30. The number of piperazine rings is 1. The molecule has 4 heterocycles. The van der Waals surface area contributed by atoms with Gasteiger partial charge >= 0.3 is 0 Å². The lowest BCUT2D eigenvalue weighted by atomic mass is 10.2. The summed E-state index contributed by atoms with van der Waals surface area (Å²) >= 11 is 0. The van der Waals surface area contributed by atoms with Gasteiger partial charge in [0.25, 0.3) is 0 Å². The zero-order valence-corrected chi connectivity index (χ0v) is 16.7. The molecule has 1 aromatic carbocycles. The SMILES string of the molecule is COCc1noc(CN2CCN(c3ccc4nnc(-c5ccccc5)n4n3)CC2)n1. The first kappa shape index (κ1) is 18.6. The number of ether oxygens (including phenoxy) is 1. The van der Waals surface area contributed by atoms with Gasteiger partial charge in [-0.15, -0.1) is 15.3 Å². The fraction of sp³-hybridized carbons (Fsp3) is 0.350. The normalized spacial score (nSPS) is 15.2. The standard InChI is InChI=1S/C20H22N8O2/c1-29-14-16-21-19(30-25-16)13-26-9-11-27(12-10-26)18-8-7-17-22-23-20(28(17)24-18)15-5-3-2-4-6-15/h2-8H,9-14H2,1H3. The molecule has 0 spiro atoms. The molecule has 0 amide bonds. The van der Waals surface area contributed by atoms with E-state index in [2.05, 4.69) is 30.1 Å². The molecule has 30 heavy (non-hydrogen) atoms. The highest BCUT2D eigenvalue weighted by molar-refractivity contribution is 5.59. The van der Waals surface area contributed by atoms with E-state index in [-0.39, 0.29) is 0 Å². The molecule has 3 aromatic heterocycles. The van der Waals surface area contributed by atoms with Crippen LogP contribution in [0.1, 0.15) is 11.7 Å². The molecular formula is C20H22N8O2. The Bertz CT molecular complexity index is 1120. The van der Waals surface area contributed by atoms with E-state index in [9.17, 15) is 0 Å². The summed E-state index contributed by atoms with van der Waals surface area (Å²) in [4.78, 5) is 8.92. The summed E-state index contributed by atoms with van der Waals surface area (Å²) in [6, 6.07) is 14.0. The molecule has 1 fully saturated rings. The summed E-state index contributed by atoms with van der Waals surface area (Å²) < 4.78 is 12.1. The predicted molar refractivity (Wildman–Crippen MR) is 109 cm³/mol. The van der Waals surface area contributed by atoms with E-state index >= 15 is 0 Å². The summed E-state index contributed by atoms with van der Waals surface area (Å²) in [6.07, 6.45) is 0. The Labute approximate surface area is 173 Å². The first-order chi connectivity index (χ1) is 14.8. The second-order valence-corrected chi connectivity index (χ2v) is 7.15. The predicted octanol–water partition coefficient (Wildman–Crippen LogP) is 1.64. The van der Waals surface area contributed by atoms with Crippen molar-refractivity contribution >= 4 is 11.5 Å². The minimum Gasteiger partial charge on any atom is -0.377 e. The summed E-state index contributed by atoms with van der Waals surface area (Å²) in [5.41, 5.74) is 1.73. The van der Waals surface area contributed by atoms with Gasteiger partial charge in [-0.25, -0.2) is 0 Å². The Hall–Kier alpha value is -3.37. The first-order valence-electron chi connectivity index (χ1n) is 9.86. The topological polar surface area (TPSA) is 97.7 Å². The zero-order valence-electron chi connectivity index (χ0n) is 16.7. The number of rotatable bonds is 6. The van der Waals surface area contributed by atoms with Crippen LogP contribution in [0.3, 0.4) is 0 Å². The largest absolute Gasteiger partial charge is 0.377 e. The zero-order chi connectivity index (χ0) is 20.3. The summed E-state index contributed by atoms with van der Waals surface area (Å²) in [7, 11) is 1.61. The highest BCUT2D eigenvalue weighted by Crippen LogP contribution is 2.20. The van der Waals surface area contributed by atoms with E-state index in [0.29, 0.717) is 24.9 Å². The molecule has 0 unspecified atom stereocenters. The van der Waals surface area contributed by atoms with Crippen LogP contribution < -0.4 is 4.90 Å². The second-order valence-electron chi connectivity index (χ2n) is 7.15. The molecule has 1 saturated heterocycles. The van der Waals surface area contributed by atoms with Gasteiger partial charge in [-0.2, -0.15) is 9.50 Å². The monoisotopic (exact) mass is 406 g/mol. The Morgan fingerprint density at radius 2 is 1.83 bits per heavy atom. The van der Waals surface area contributed by atoms with Crippen molar-refractivity contribution in [3.05, 3.63) is 54.2 Å². The molecule has 0 aliphatic carbocycles. The molecule has 4 aromatic rings. The number of fused-ring (bicyclic) bond motifs is 1. The fourth-order valence-electron chi connectivity index (χ4n) is 3.58. The highest BCUT2D eigenvalue weighted by Gasteiger charge is 2.21. The van der Waals surface area contributed by atoms with Gasteiger partial charge in [0.05, 0.1) is 6.54 Å². The van der Waals surface area contributed by atoms with E-state index in [0.717, 1.165) is 49.0 Å². The summed E-state index contributed by atoms with van der Waals surface area (Å²) in [5.74, 6) is 2.85. The van der Waals surface area contributed by atoms with Gasteiger partial charge < -0.3 is 14.2 Å². The maximum Gasteiger partial charge on any atom is 0.240 e. The third-order valence-electron chi connectivity index (χ3n) is 5.12. The Morgan fingerprint density at radius 1 is 1.00 bits per heavy atom. The number of hydrogen-bond acceptors (Lipinski definition) is 9. The van der Waals surface area contributed by atoms with Crippen molar-refractivity contribution in [1.82, 2.24) is 34.9 Å². The number of hydrogen-bond donors (Lipinski definition) is 0. The molecule has 0 atom stereocenters. The highest BCUT2D eigenvalue weighted by atomic mass is 16.5. The molecule has 1 aliphatic rings. The smallest absolute Gasteiger partial charge is 0.240 e. The van der Waals surface area contributed by atoms with Crippen LogP contribution >= 0.6 is 0 Å². The molecular weight excluding hydrogens is 384 g/mol. The number of nitrogens with zero attached hydrogens (tertiary/aromatic N) is 8. The minimum atomic E-state index is 0.361. The van der Waals surface area contributed by atoms with Crippen LogP contribution in [0, 0.1) is 0 Å². The van der Waals surface area contributed by atoms with Crippen LogP contribution in [0.4, 0.5) is 5.82 Å². The van der Waals surface area contributed by atoms with Crippen molar-refractivity contribution in [3.8, 4) is 11.4 Å². The van der Waals surface area contributed by atoms with Crippen LogP contribution in [0.5, 0.6) is 0 Å². The van der Waals surface area contributed by atoms with E-state index < -0.39 is 0 Å². The third-order valence-corrected chi connectivity index (χ3v) is 5.12. The van der Waals surface area contributed by atoms with Crippen molar-refractivity contribution in [2.24, 2.45) is 0 Å². The lowest BCUT2D eigenvalue weighted by Gasteiger charge is -2.34. The van der Waals surface area contributed by atoms with Crippen LogP contribution in [0.2, 0.25) is 0 Å². The number of aromatic nitrogens is 6. The van der Waals surface area contributed by atoms with Gasteiger partial charge in [0.1, 0.15) is 12.4 Å². The molecule has 0 saturated carbocycles. The lowest BCUT2D eigenvalue weighted by Crippen LogP contribution is -2.46. The van der Waals surface area contributed by atoms with Crippen LogP contribution in [0.15, 0.2) is 47.0 Å². The van der Waals surface area contributed by atoms with Crippen molar-refractivity contribution < 1.29 is 9.26 Å². The van der Waals surface area contributed by atoms with E-state index in [1.165, 1.54) is 0 Å². The van der Waals surface area contributed by atoms with Crippen molar-refractivity contribution in [2.45, 2.75) is 13.2 Å². The molecule has 5 rings (SSSR count). The summed E-state index contributed by atoms with van der Waals surface area (Å²) in [6.45, 7) is 4.49. The molecule has 154 valence electrons. The van der Waals surface area contributed by atoms with Gasteiger partial charge in [-0.3, -0.25) is 4.90 Å². The lowest BCUT2D eigenvalue weighted by molar-refractivity contribution is 0.174. The average molecular weight is 406 g/mol. The van der Waals surface area contributed by atoms with E-state index in [4.69, 9.17) is 14.4 Å². The second kappa shape index (κ2) is 8.17. The minimum absolute atomic E-state index is 0.361. The Kier molecular flexibility index (Phi) is 5.08. The molecule has 0 bridgehead atoms. The van der Waals surface area contributed by atoms with Crippen LogP contribution in [0.25, 0.3) is 17.0 Å². The van der Waals surface area contributed by atoms with E-state index in [1.54, 1.807) is 7.11 Å². The average Bonchev–Trinajstić information content (AvgIpc) is 3.41. The first-order valence-corrected chi connectivity index (χ1v) is 9.86. The number of anilines is 1. The van der Waals surface area contributed by atoms with Gasteiger partial charge in [0, 0.05) is 38.9 Å². The molecule has 10 nitrogen and oxygen atoms in total. The van der Waals surface area contributed by atoms with Gasteiger partial charge in [-0.05, 0) is 12.1 Å².